The summed E-state index contributed by atoms with van der Waals surface area (Å²) < 4.78 is 5.42. The lowest BCUT2D eigenvalue weighted by molar-refractivity contribution is -0.132. The molecule has 30 heavy (non-hydrogen) atoms. The maximum atomic E-state index is 13.1. The van der Waals surface area contributed by atoms with Crippen molar-refractivity contribution >= 4 is 22.6 Å². The maximum Gasteiger partial charge on any atom is 0.329 e. The molecule has 1 atom stereocenters. The number of imidazole rings is 1. The second-order valence-corrected chi connectivity index (χ2v) is 7.65. The first-order valence-electron chi connectivity index (χ1n) is 10.5. The Hall–Kier alpha value is -3.42. The van der Waals surface area contributed by atoms with E-state index < -0.39 is 0 Å². The van der Waals surface area contributed by atoms with Crippen LogP contribution < -0.4 is 5.69 Å². The zero-order valence-electron chi connectivity index (χ0n) is 16.9. The number of likely N-dealkylation sites (tertiary alicyclic amines) is 1. The number of hydrogen-bond donors (Lipinski definition) is 0. The number of aromatic nitrogens is 5. The average Bonchev–Trinajstić information content (AvgIpc) is 3.47. The first-order chi connectivity index (χ1) is 14.7. The Labute approximate surface area is 173 Å². The van der Waals surface area contributed by atoms with Crippen molar-refractivity contribution < 1.29 is 4.79 Å². The van der Waals surface area contributed by atoms with E-state index >= 15 is 0 Å². The molecule has 1 fully saturated rings. The van der Waals surface area contributed by atoms with Gasteiger partial charge in [-0.15, -0.1) is 10.2 Å². The second-order valence-electron chi connectivity index (χ2n) is 7.65. The molecule has 0 bridgehead atoms. The number of para-hydroxylation sites is 2. The fraction of sp³-hybridized carbons (Fsp3) is 0.364. The lowest BCUT2D eigenvalue weighted by Gasteiger charge is -2.23. The minimum absolute atomic E-state index is 0.0467. The molecule has 0 N–H and O–H groups in total. The SMILES string of the molecule is CCn1c(=O)n(CCC(=O)N2CCC[C@@H]2c2nnc3ccccn23)c2ccccc21. The van der Waals surface area contributed by atoms with Gasteiger partial charge in [0.25, 0.3) is 0 Å². The highest BCUT2D eigenvalue weighted by atomic mass is 16.2. The van der Waals surface area contributed by atoms with Crippen LogP contribution in [0.3, 0.4) is 0 Å². The van der Waals surface area contributed by atoms with E-state index in [0.29, 0.717) is 19.6 Å². The van der Waals surface area contributed by atoms with Crippen LogP contribution in [-0.4, -0.2) is 41.1 Å². The van der Waals surface area contributed by atoms with Crippen LogP contribution in [-0.2, 0) is 17.9 Å². The highest BCUT2D eigenvalue weighted by Crippen LogP contribution is 2.31. The standard InChI is InChI=1S/C22H24N6O2/c1-2-25-16-8-3-4-9-17(16)27(22(25)30)15-12-20(29)26-14-7-10-18(26)21-24-23-19-11-5-6-13-28(19)21/h3-6,8-9,11,13,18H,2,7,10,12,14-15H2,1H3/t18-/m1/s1. The van der Waals surface area contributed by atoms with Gasteiger partial charge in [-0.2, -0.15) is 0 Å². The molecule has 0 saturated carbocycles. The van der Waals surface area contributed by atoms with E-state index in [1.807, 2.05) is 64.9 Å². The van der Waals surface area contributed by atoms with Gasteiger partial charge in [-0.05, 0) is 44.0 Å². The molecule has 8 heteroatoms. The van der Waals surface area contributed by atoms with E-state index in [9.17, 15) is 9.59 Å². The number of rotatable bonds is 5. The van der Waals surface area contributed by atoms with Gasteiger partial charge in [-0.1, -0.05) is 18.2 Å². The predicted octanol–water partition coefficient (Wildman–Crippen LogP) is 2.62. The Kier molecular flexibility index (Phi) is 4.61. The largest absolute Gasteiger partial charge is 0.332 e. The number of amides is 1. The normalized spacial score (nSPS) is 16.7. The molecule has 1 aliphatic rings. The van der Waals surface area contributed by atoms with Crippen LogP contribution in [0.1, 0.15) is 38.1 Å². The third-order valence-electron chi connectivity index (χ3n) is 6.00. The number of fused-ring (bicyclic) bond motifs is 2. The van der Waals surface area contributed by atoms with Crippen molar-refractivity contribution in [2.75, 3.05) is 6.54 Å². The van der Waals surface area contributed by atoms with Crippen LogP contribution in [0.5, 0.6) is 0 Å². The van der Waals surface area contributed by atoms with Gasteiger partial charge < -0.3 is 4.90 Å². The molecule has 0 aliphatic carbocycles. The van der Waals surface area contributed by atoms with Crippen molar-refractivity contribution in [3.8, 4) is 0 Å². The van der Waals surface area contributed by atoms with Gasteiger partial charge in [-0.25, -0.2) is 4.79 Å². The molecule has 8 nitrogen and oxygen atoms in total. The van der Waals surface area contributed by atoms with Gasteiger partial charge >= 0.3 is 5.69 Å². The summed E-state index contributed by atoms with van der Waals surface area (Å²) >= 11 is 0. The van der Waals surface area contributed by atoms with E-state index in [1.54, 1.807) is 9.13 Å². The van der Waals surface area contributed by atoms with E-state index in [0.717, 1.165) is 35.3 Å². The molecule has 0 spiro atoms. The zero-order valence-corrected chi connectivity index (χ0v) is 16.9. The smallest absolute Gasteiger partial charge is 0.329 e. The number of pyridine rings is 1. The minimum atomic E-state index is -0.0800. The summed E-state index contributed by atoms with van der Waals surface area (Å²) in [7, 11) is 0. The molecular formula is C22H24N6O2. The van der Waals surface area contributed by atoms with Crippen molar-refractivity contribution in [2.45, 2.75) is 45.3 Å². The summed E-state index contributed by atoms with van der Waals surface area (Å²) in [6.45, 7) is 3.64. The summed E-state index contributed by atoms with van der Waals surface area (Å²) in [5.74, 6) is 0.849. The topological polar surface area (TPSA) is 77.4 Å². The summed E-state index contributed by atoms with van der Waals surface area (Å²) in [5.41, 5.74) is 2.50. The van der Waals surface area contributed by atoms with Crippen LogP contribution in [0, 0.1) is 0 Å². The van der Waals surface area contributed by atoms with Crippen LogP contribution >= 0.6 is 0 Å². The molecule has 0 unspecified atom stereocenters. The van der Waals surface area contributed by atoms with E-state index in [2.05, 4.69) is 10.2 Å². The number of hydrogen-bond acceptors (Lipinski definition) is 4. The molecule has 1 aliphatic heterocycles. The van der Waals surface area contributed by atoms with Crippen LogP contribution in [0.25, 0.3) is 16.7 Å². The third-order valence-corrected chi connectivity index (χ3v) is 6.00. The Morgan fingerprint density at radius 1 is 1.07 bits per heavy atom. The lowest BCUT2D eigenvalue weighted by atomic mass is 10.2. The third kappa shape index (κ3) is 2.91. The summed E-state index contributed by atoms with van der Waals surface area (Å²) in [4.78, 5) is 27.9. The lowest BCUT2D eigenvalue weighted by Crippen LogP contribution is -2.33. The van der Waals surface area contributed by atoms with E-state index in [1.165, 1.54) is 0 Å². The molecule has 1 amide bonds. The Bertz CT molecular complexity index is 1280. The second kappa shape index (κ2) is 7.44. The fourth-order valence-corrected chi connectivity index (χ4v) is 4.57. The van der Waals surface area contributed by atoms with E-state index in [4.69, 9.17) is 0 Å². The summed E-state index contributed by atoms with van der Waals surface area (Å²) in [6.07, 6.45) is 4.03. The maximum absolute atomic E-state index is 13.1. The van der Waals surface area contributed by atoms with Crippen molar-refractivity contribution in [3.05, 3.63) is 65.0 Å². The van der Waals surface area contributed by atoms with Crippen LogP contribution in [0.2, 0.25) is 0 Å². The zero-order chi connectivity index (χ0) is 20.7. The van der Waals surface area contributed by atoms with Gasteiger partial charge in [0.1, 0.15) is 0 Å². The number of aryl methyl sites for hydroxylation is 2. The average molecular weight is 404 g/mol. The van der Waals surface area contributed by atoms with Crippen molar-refractivity contribution in [2.24, 2.45) is 0 Å². The molecule has 154 valence electrons. The highest BCUT2D eigenvalue weighted by Gasteiger charge is 2.33. The van der Waals surface area contributed by atoms with E-state index in [-0.39, 0.29) is 24.1 Å². The Balaban J connectivity index is 1.39. The quantitative estimate of drug-likeness (QED) is 0.512. The van der Waals surface area contributed by atoms with Gasteiger partial charge in [0.05, 0.1) is 17.1 Å². The summed E-state index contributed by atoms with van der Waals surface area (Å²) in [6, 6.07) is 13.4. The molecule has 4 heterocycles. The van der Waals surface area contributed by atoms with Crippen molar-refractivity contribution in [1.82, 2.24) is 28.6 Å². The molecule has 4 aromatic rings. The number of carbonyl (C=O) groups is 1. The molecule has 0 radical (unpaired) electrons. The van der Waals surface area contributed by atoms with Crippen molar-refractivity contribution in [1.29, 1.82) is 0 Å². The first kappa shape index (κ1) is 18.6. The molecular weight excluding hydrogens is 380 g/mol. The molecule has 5 rings (SSSR count). The molecule has 3 aromatic heterocycles. The summed E-state index contributed by atoms with van der Waals surface area (Å²) in [5, 5.41) is 8.59. The fourth-order valence-electron chi connectivity index (χ4n) is 4.57. The minimum Gasteiger partial charge on any atom is -0.332 e. The molecule has 1 saturated heterocycles. The number of nitrogens with zero attached hydrogens (tertiary/aromatic N) is 6. The first-order valence-corrected chi connectivity index (χ1v) is 10.5. The van der Waals surface area contributed by atoms with Gasteiger partial charge in [0, 0.05) is 32.3 Å². The highest BCUT2D eigenvalue weighted by molar-refractivity contribution is 5.78. The van der Waals surface area contributed by atoms with Crippen molar-refractivity contribution in [3.63, 3.8) is 0 Å². The van der Waals surface area contributed by atoms with Crippen LogP contribution in [0.15, 0.2) is 53.5 Å². The monoisotopic (exact) mass is 404 g/mol. The van der Waals surface area contributed by atoms with Gasteiger partial charge in [0.2, 0.25) is 5.91 Å². The Morgan fingerprint density at radius 3 is 2.63 bits per heavy atom. The van der Waals surface area contributed by atoms with Gasteiger partial charge in [0.15, 0.2) is 11.5 Å². The number of carbonyl (C=O) groups excluding carboxylic acids is 1. The van der Waals surface area contributed by atoms with Gasteiger partial charge in [-0.3, -0.25) is 18.3 Å². The Morgan fingerprint density at radius 2 is 1.83 bits per heavy atom. The predicted molar refractivity (Wildman–Crippen MR) is 113 cm³/mol. The number of benzene rings is 1. The molecule has 1 aromatic carbocycles. The van der Waals surface area contributed by atoms with Crippen LogP contribution in [0.4, 0.5) is 0 Å².